The molecule has 2 saturated heterocycles. The number of benzene rings is 1. The Kier molecular flexibility index (Phi) is 4.96. The molecule has 1 atom stereocenters. The molecule has 0 aromatic heterocycles. The van der Waals surface area contributed by atoms with Gasteiger partial charge in [0.05, 0.1) is 29.4 Å². The standard InChI is InChI=1S/C16H19ClFNO3/c17-13-2-1-3-14(18)15(13)16(20)19-7-4-11(5-8-19)22-12-6-9-21-10-12/h1-3,11-12H,4-10H2/t12-/m1/s1. The maximum absolute atomic E-state index is 13.8. The fourth-order valence-corrected chi connectivity index (χ4v) is 3.19. The molecule has 0 N–H and O–H groups in total. The molecular formula is C16H19ClFNO3. The van der Waals surface area contributed by atoms with Gasteiger partial charge in [0, 0.05) is 19.7 Å². The van der Waals surface area contributed by atoms with Gasteiger partial charge in [0.25, 0.3) is 5.91 Å². The van der Waals surface area contributed by atoms with Crippen LogP contribution in [0.1, 0.15) is 29.6 Å². The van der Waals surface area contributed by atoms with Gasteiger partial charge < -0.3 is 14.4 Å². The van der Waals surface area contributed by atoms with E-state index in [1.54, 1.807) is 4.90 Å². The summed E-state index contributed by atoms with van der Waals surface area (Å²) in [5.41, 5.74) is -0.0345. The molecule has 4 nitrogen and oxygen atoms in total. The summed E-state index contributed by atoms with van der Waals surface area (Å²) in [6, 6.07) is 4.29. The number of piperidine rings is 1. The molecule has 0 aliphatic carbocycles. The first kappa shape index (κ1) is 15.7. The molecule has 0 spiro atoms. The SMILES string of the molecule is O=C(c1c(F)cccc1Cl)N1CCC(O[C@@H]2CCOC2)CC1. The predicted molar refractivity (Wildman–Crippen MR) is 80.6 cm³/mol. The lowest BCUT2D eigenvalue weighted by molar-refractivity contribution is -0.0408. The number of halogens is 2. The summed E-state index contributed by atoms with van der Waals surface area (Å²) < 4.78 is 25.1. The van der Waals surface area contributed by atoms with E-state index in [4.69, 9.17) is 21.1 Å². The number of likely N-dealkylation sites (tertiary alicyclic amines) is 1. The van der Waals surface area contributed by atoms with Gasteiger partial charge in [-0.1, -0.05) is 17.7 Å². The highest BCUT2D eigenvalue weighted by atomic mass is 35.5. The Morgan fingerprint density at radius 3 is 2.68 bits per heavy atom. The number of rotatable bonds is 3. The molecule has 0 saturated carbocycles. The van der Waals surface area contributed by atoms with Crippen LogP contribution in [0.4, 0.5) is 4.39 Å². The van der Waals surface area contributed by atoms with Gasteiger partial charge in [0.15, 0.2) is 0 Å². The number of carbonyl (C=O) groups excluding carboxylic acids is 1. The average molecular weight is 328 g/mol. The Morgan fingerprint density at radius 1 is 1.27 bits per heavy atom. The number of amides is 1. The van der Waals surface area contributed by atoms with Crippen LogP contribution in [0.2, 0.25) is 5.02 Å². The van der Waals surface area contributed by atoms with Crippen molar-refractivity contribution in [1.82, 2.24) is 4.90 Å². The van der Waals surface area contributed by atoms with Crippen LogP contribution in [0.3, 0.4) is 0 Å². The molecule has 6 heteroatoms. The van der Waals surface area contributed by atoms with Crippen molar-refractivity contribution in [1.29, 1.82) is 0 Å². The van der Waals surface area contributed by atoms with Crippen LogP contribution in [-0.2, 0) is 9.47 Å². The summed E-state index contributed by atoms with van der Waals surface area (Å²) in [5, 5.41) is 0.159. The summed E-state index contributed by atoms with van der Waals surface area (Å²) in [6.45, 7) is 2.53. The average Bonchev–Trinajstić information content (AvgIpc) is 3.00. The van der Waals surface area contributed by atoms with Crippen molar-refractivity contribution in [2.75, 3.05) is 26.3 Å². The first-order valence-electron chi connectivity index (χ1n) is 7.61. The Labute approximate surface area is 134 Å². The summed E-state index contributed by atoms with van der Waals surface area (Å²) in [7, 11) is 0. The number of nitrogens with zero attached hydrogens (tertiary/aromatic N) is 1. The van der Waals surface area contributed by atoms with Gasteiger partial charge in [-0.15, -0.1) is 0 Å². The predicted octanol–water partition coefficient (Wildman–Crippen LogP) is 2.89. The second-order valence-corrected chi connectivity index (χ2v) is 6.12. The Bertz CT molecular complexity index is 520. The molecule has 1 aromatic rings. The highest BCUT2D eigenvalue weighted by Gasteiger charge is 2.29. The summed E-state index contributed by atoms with van der Waals surface area (Å²) >= 11 is 5.96. The zero-order chi connectivity index (χ0) is 15.5. The quantitative estimate of drug-likeness (QED) is 0.857. The molecule has 0 radical (unpaired) electrons. The molecule has 0 unspecified atom stereocenters. The third-order valence-corrected chi connectivity index (χ3v) is 4.49. The van der Waals surface area contributed by atoms with Crippen LogP contribution in [0, 0.1) is 5.82 Å². The van der Waals surface area contributed by atoms with E-state index in [1.807, 2.05) is 0 Å². The van der Waals surface area contributed by atoms with Gasteiger partial charge >= 0.3 is 0 Å². The van der Waals surface area contributed by atoms with E-state index < -0.39 is 5.82 Å². The van der Waals surface area contributed by atoms with Gasteiger partial charge in [-0.05, 0) is 31.4 Å². The van der Waals surface area contributed by atoms with E-state index in [-0.39, 0.29) is 28.7 Å². The first-order valence-corrected chi connectivity index (χ1v) is 7.99. The summed E-state index contributed by atoms with van der Waals surface area (Å²) in [5.74, 6) is -0.912. The third kappa shape index (κ3) is 3.42. The zero-order valence-electron chi connectivity index (χ0n) is 12.3. The fourth-order valence-electron chi connectivity index (χ4n) is 2.95. The van der Waals surface area contributed by atoms with Crippen molar-refractivity contribution in [2.24, 2.45) is 0 Å². The summed E-state index contributed by atoms with van der Waals surface area (Å²) in [6.07, 6.45) is 2.77. The van der Waals surface area contributed by atoms with Gasteiger partial charge in [-0.3, -0.25) is 4.79 Å². The van der Waals surface area contributed by atoms with E-state index in [0.717, 1.165) is 25.9 Å². The highest BCUT2D eigenvalue weighted by molar-refractivity contribution is 6.33. The van der Waals surface area contributed by atoms with Gasteiger partial charge in [-0.2, -0.15) is 0 Å². The molecule has 2 aliphatic rings. The van der Waals surface area contributed by atoms with Crippen molar-refractivity contribution in [3.05, 3.63) is 34.6 Å². The minimum atomic E-state index is -0.570. The Morgan fingerprint density at radius 2 is 2.05 bits per heavy atom. The molecule has 22 heavy (non-hydrogen) atoms. The van der Waals surface area contributed by atoms with Gasteiger partial charge in [0.1, 0.15) is 5.82 Å². The molecule has 2 aliphatic heterocycles. The van der Waals surface area contributed by atoms with Crippen LogP contribution >= 0.6 is 11.6 Å². The van der Waals surface area contributed by atoms with E-state index in [0.29, 0.717) is 19.7 Å². The second kappa shape index (κ2) is 6.94. The van der Waals surface area contributed by atoms with Crippen molar-refractivity contribution >= 4 is 17.5 Å². The minimum Gasteiger partial charge on any atom is -0.379 e. The molecule has 0 bridgehead atoms. The first-order chi connectivity index (χ1) is 10.6. The van der Waals surface area contributed by atoms with Crippen LogP contribution < -0.4 is 0 Å². The van der Waals surface area contributed by atoms with E-state index in [9.17, 15) is 9.18 Å². The van der Waals surface area contributed by atoms with Crippen LogP contribution in [0.15, 0.2) is 18.2 Å². The topological polar surface area (TPSA) is 38.8 Å². The van der Waals surface area contributed by atoms with Crippen LogP contribution in [0.5, 0.6) is 0 Å². The molecule has 3 rings (SSSR count). The van der Waals surface area contributed by atoms with Crippen molar-refractivity contribution in [2.45, 2.75) is 31.5 Å². The highest BCUT2D eigenvalue weighted by Crippen LogP contribution is 2.24. The molecule has 1 amide bonds. The van der Waals surface area contributed by atoms with Crippen molar-refractivity contribution in [3.63, 3.8) is 0 Å². The lowest BCUT2D eigenvalue weighted by Crippen LogP contribution is -2.42. The van der Waals surface area contributed by atoms with E-state index in [1.165, 1.54) is 18.2 Å². The zero-order valence-corrected chi connectivity index (χ0v) is 13.0. The lowest BCUT2D eigenvalue weighted by atomic mass is 10.1. The van der Waals surface area contributed by atoms with Gasteiger partial charge in [-0.25, -0.2) is 4.39 Å². The molecule has 120 valence electrons. The van der Waals surface area contributed by atoms with Crippen molar-refractivity contribution in [3.8, 4) is 0 Å². The number of carbonyl (C=O) groups is 1. The molecule has 2 fully saturated rings. The minimum absolute atomic E-state index is 0.0345. The monoisotopic (exact) mass is 327 g/mol. The molecular weight excluding hydrogens is 309 g/mol. The number of hydrogen-bond donors (Lipinski definition) is 0. The Balaban J connectivity index is 1.57. The molecule has 1 aromatic carbocycles. The maximum atomic E-state index is 13.8. The lowest BCUT2D eigenvalue weighted by Gasteiger charge is -2.33. The van der Waals surface area contributed by atoms with Crippen LogP contribution in [-0.4, -0.2) is 49.3 Å². The smallest absolute Gasteiger partial charge is 0.258 e. The van der Waals surface area contributed by atoms with Gasteiger partial charge in [0.2, 0.25) is 0 Å². The summed E-state index contributed by atoms with van der Waals surface area (Å²) in [4.78, 5) is 14.1. The normalized spacial score (nSPS) is 23.0. The second-order valence-electron chi connectivity index (χ2n) is 5.71. The third-order valence-electron chi connectivity index (χ3n) is 4.18. The fraction of sp³-hybridized carbons (Fsp3) is 0.562. The Hall–Kier alpha value is -1.17. The van der Waals surface area contributed by atoms with E-state index >= 15 is 0 Å². The number of ether oxygens (including phenoxy) is 2. The largest absolute Gasteiger partial charge is 0.379 e. The van der Waals surface area contributed by atoms with Crippen LogP contribution in [0.25, 0.3) is 0 Å². The molecule has 2 heterocycles. The maximum Gasteiger partial charge on any atom is 0.258 e. The van der Waals surface area contributed by atoms with E-state index in [2.05, 4.69) is 0 Å². The van der Waals surface area contributed by atoms with Crippen molar-refractivity contribution < 1.29 is 18.7 Å². The number of hydrogen-bond acceptors (Lipinski definition) is 3.